The molecule has 2 aromatic heterocycles. The van der Waals surface area contributed by atoms with Gasteiger partial charge in [-0.15, -0.1) is 16.4 Å². The van der Waals surface area contributed by atoms with Gasteiger partial charge in [0.05, 0.1) is 11.5 Å². The molecule has 108 valence electrons. The zero-order valence-corrected chi connectivity index (χ0v) is 12.8. The molecular formula is C15H16N4OS. The van der Waals surface area contributed by atoms with Gasteiger partial charge in [0.2, 0.25) is 11.8 Å². The average Bonchev–Trinajstić information content (AvgIpc) is 3.05. The smallest absolute Gasteiger partial charge is 0.244 e. The highest BCUT2D eigenvalue weighted by Crippen LogP contribution is 2.45. The van der Waals surface area contributed by atoms with Crippen molar-refractivity contribution in [1.82, 2.24) is 10.2 Å². The maximum Gasteiger partial charge on any atom is 0.244 e. The van der Waals surface area contributed by atoms with E-state index in [-0.39, 0.29) is 11.8 Å². The van der Waals surface area contributed by atoms with Gasteiger partial charge in [-0.3, -0.25) is 5.10 Å². The minimum absolute atomic E-state index is 0.150. The van der Waals surface area contributed by atoms with Crippen molar-refractivity contribution < 1.29 is 4.74 Å². The van der Waals surface area contributed by atoms with Crippen LogP contribution in [0.4, 0.5) is 0 Å². The standard InChI is InChI=1S/C15H16N4OS/c1-3-4-10-12-11(13-8(2)5-6-21-13)9(7-16)14(17)20-15(12)19-18-10/h5-6,11H,3-4,17H2,1-2H3,(H,18,19). The van der Waals surface area contributed by atoms with Crippen LogP contribution in [0.1, 0.15) is 41.0 Å². The Balaban J connectivity index is 2.22. The second-order valence-corrected chi connectivity index (χ2v) is 6.01. The lowest BCUT2D eigenvalue weighted by atomic mass is 9.86. The van der Waals surface area contributed by atoms with Crippen LogP contribution in [0, 0.1) is 18.3 Å². The first-order valence-electron chi connectivity index (χ1n) is 6.86. The van der Waals surface area contributed by atoms with Gasteiger partial charge in [-0.25, -0.2) is 0 Å². The van der Waals surface area contributed by atoms with Gasteiger partial charge in [-0.1, -0.05) is 13.3 Å². The Morgan fingerprint density at radius 1 is 1.57 bits per heavy atom. The predicted octanol–water partition coefficient (Wildman–Crippen LogP) is 2.95. The lowest BCUT2D eigenvalue weighted by molar-refractivity contribution is 0.379. The fourth-order valence-electron chi connectivity index (χ4n) is 2.69. The molecule has 1 unspecified atom stereocenters. The number of aromatic nitrogens is 2. The Bertz CT molecular complexity index is 750. The molecule has 0 bridgehead atoms. The van der Waals surface area contributed by atoms with Crippen molar-refractivity contribution in [2.75, 3.05) is 0 Å². The molecule has 0 aromatic carbocycles. The van der Waals surface area contributed by atoms with Crippen LogP contribution in [-0.2, 0) is 6.42 Å². The number of ether oxygens (including phenoxy) is 1. The first-order valence-corrected chi connectivity index (χ1v) is 7.74. The summed E-state index contributed by atoms with van der Waals surface area (Å²) >= 11 is 1.63. The number of nitrogens with one attached hydrogen (secondary N) is 1. The Kier molecular flexibility index (Phi) is 3.43. The van der Waals surface area contributed by atoms with Crippen molar-refractivity contribution in [3.8, 4) is 11.9 Å². The number of nitriles is 1. The number of aromatic amines is 1. The van der Waals surface area contributed by atoms with Crippen LogP contribution in [0.25, 0.3) is 0 Å². The highest BCUT2D eigenvalue weighted by molar-refractivity contribution is 7.10. The molecule has 6 heteroatoms. The number of H-pyrrole nitrogens is 1. The number of nitrogens with zero attached hydrogens (tertiary/aromatic N) is 2. The van der Waals surface area contributed by atoms with Crippen LogP contribution in [0.5, 0.6) is 5.88 Å². The van der Waals surface area contributed by atoms with Crippen molar-refractivity contribution in [2.24, 2.45) is 5.73 Å². The van der Waals surface area contributed by atoms with Gasteiger partial charge in [0.15, 0.2) is 0 Å². The number of hydrogen-bond acceptors (Lipinski definition) is 5. The number of thiophene rings is 1. The summed E-state index contributed by atoms with van der Waals surface area (Å²) in [5, 5.41) is 18.8. The number of fused-ring (bicyclic) bond motifs is 1. The number of rotatable bonds is 3. The lowest BCUT2D eigenvalue weighted by Crippen LogP contribution is -2.21. The molecule has 0 saturated heterocycles. The van der Waals surface area contributed by atoms with Crippen LogP contribution in [-0.4, -0.2) is 10.2 Å². The third kappa shape index (κ3) is 2.10. The van der Waals surface area contributed by atoms with Crippen LogP contribution >= 0.6 is 11.3 Å². The molecule has 1 aliphatic rings. The molecule has 3 N–H and O–H groups in total. The number of nitrogens with two attached hydrogens (primary N) is 1. The maximum absolute atomic E-state index is 9.51. The molecule has 0 fully saturated rings. The zero-order chi connectivity index (χ0) is 15.0. The van der Waals surface area contributed by atoms with Crippen LogP contribution < -0.4 is 10.5 Å². The molecule has 3 heterocycles. The molecule has 1 aliphatic heterocycles. The SMILES string of the molecule is CCCc1[nH]nc2c1C(c1sccc1C)C(C#N)=C(N)O2. The summed E-state index contributed by atoms with van der Waals surface area (Å²) in [7, 11) is 0. The van der Waals surface area contributed by atoms with Gasteiger partial charge in [-0.2, -0.15) is 5.26 Å². The Morgan fingerprint density at radius 2 is 2.38 bits per heavy atom. The summed E-state index contributed by atoms with van der Waals surface area (Å²) in [6.07, 6.45) is 1.86. The number of aryl methyl sites for hydroxylation is 2. The molecule has 3 rings (SSSR count). The van der Waals surface area contributed by atoms with Gasteiger partial charge in [-0.05, 0) is 30.4 Å². The van der Waals surface area contributed by atoms with Gasteiger partial charge in [0.1, 0.15) is 11.6 Å². The largest absolute Gasteiger partial charge is 0.420 e. The van der Waals surface area contributed by atoms with E-state index in [9.17, 15) is 5.26 Å². The molecule has 0 saturated carbocycles. The third-order valence-electron chi connectivity index (χ3n) is 3.68. The Hall–Kier alpha value is -2.26. The first kappa shape index (κ1) is 13.7. The van der Waals surface area contributed by atoms with Gasteiger partial charge in [0, 0.05) is 10.6 Å². The van der Waals surface area contributed by atoms with Crippen LogP contribution in [0.15, 0.2) is 22.9 Å². The molecular weight excluding hydrogens is 284 g/mol. The second kappa shape index (κ2) is 5.26. The van der Waals surface area contributed by atoms with Crippen molar-refractivity contribution in [3.63, 3.8) is 0 Å². The van der Waals surface area contributed by atoms with Crippen molar-refractivity contribution in [3.05, 3.63) is 44.6 Å². The molecule has 0 aliphatic carbocycles. The Labute approximate surface area is 127 Å². The fraction of sp³-hybridized carbons (Fsp3) is 0.333. The molecule has 0 amide bonds. The normalized spacial score (nSPS) is 17.3. The predicted molar refractivity (Wildman–Crippen MR) is 80.9 cm³/mol. The van der Waals surface area contributed by atoms with Gasteiger partial charge in [0.25, 0.3) is 0 Å². The summed E-state index contributed by atoms with van der Waals surface area (Å²) < 4.78 is 5.53. The molecule has 5 nitrogen and oxygen atoms in total. The Morgan fingerprint density at radius 3 is 3.00 bits per heavy atom. The second-order valence-electron chi connectivity index (χ2n) is 5.06. The molecule has 2 aromatic rings. The average molecular weight is 300 g/mol. The summed E-state index contributed by atoms with van der Waals surface area (Å²) in [5.41, 5.74) is 9.51. The third-order valence-corrected chi connectivity index (χ3v) is 4.77. The first-order chi connectivity index (χ1) is 10.2. The van der Waals surface area contributed by atoms with Crippen LogP contribution in [0.3, 0.4) is 0 Å². The van der Waals surface area contributed by atoms with E-state index in [1.165, 1.54) is 0 Å². The quantitative estimate of drug-likeness (QED) is 0.912. The highest BCUT2D eigenvalue weighted by Gasteiger charge is 2.36. The number of allylic oxidation sites excluding steroid dienone is 1. The summed E-state index contributed by atoms with van der Waals surface area (Å²) in [5.74, 6) is 0.462. The molecule has 0 spiro atoms. The minimum atomic E-state index is -0.181. The topological polar surface area (TPSA) is 87.7 Å². The van der Waals surface area contributed by atoms with Gasteiger partial charge >= 0.3 is 0 Å². The lowest BCUT2D eigenvalue weighted by Gasteiger charge is -2.23. The van der Waals surface area contributed by atoms with E-state index in [0.717, 1.165) is 34.5 Å². The van der Waals surface area contributed by atoms with Crippen molar-refractivity contribution >= 4 is 11.3 Å². The summed E-state index contributed by atoms with van der Waals surface area (Å²) in [6.45, 7) is 4.16. The molecule has 1 atom stereocenters. The van der Waals surface area contributed by atoms with E-state index >= 15 is 0 Å². The molecule has 21 heavy (non-hydrogen) atoms. The highest BCUT2D eigenvalue weighted by atomic mass is 32.1. The van der Waals surface area contributed by atoms with E-state index in [0.29, 0.717) is 11.5 Å². The zero-order valence-electron chi connectivity index (χ0n) is 11.9. The van der Waals surface area contributed by atoms with E-state index in [2.05, 4.69) is 29.3 Å². The van der Waals surface area contributed by atoms with E-state index in [4.69, 9.17) is 10.5 Å². The van der Waals surface area contributed by atoms with Crippen molar-refractivity contribution in [1.29, 1.82) is 5.26 Å². The number of hydrogen-bond donors (Lipinski definition) is 2. The van der Waals surface area contributed by atoms with Gasteiger partial charge < -0.3 is 10.5 Å². The van der Waals surface area contributed by atoms with E-state index in [1.807, 2.05) is 12.3 Å². The summed E-state index contributed by atoms with van der Waals surface area (Å²) in [6, 6.07) is 4.27. The van der Waals surface area contributed by atoms with E-state index < -0.39 is 0 Å². The minimum Gasteiger partial charge on any atom is -0.420 e. The van der Waals surface area contributed by atoms with Crippen LogP contribution in [0.2, 0.25) is 0 Å². The fourth-order valence-corrected chi connectivity index (χ4v) is 3.74. The maximum atomic E-state index is 9.51. The van der Waals surface area contributed by atoms with E-state index in [1.54, 1.807) is 11.3 Å². The monoisotopic (exact) mass is 300 g/mol. The summed E-state index contributed by atoms with van der Waals surface area (Å²) in [4.78, 5) is 1.12. The van der Waals surface area contributed by atoms with Crippen molar-refractivity contribution in [2.45, 2.75) is 32.6 Å². The molecule has 0 radical (unpaired) electrons.